The molecule has 2 rings (SSSR count). The molecule has 0 atom stereocenters. The normalized spacial score (nSPS) is 11.0. The van der Waals surface area contributed by atoms with E-state index < -0.39 is 10.0 Å². The van der Waals surface area contributed by atoms with Crippen LogP contribution in [0.5, 0.6) is 0 Å². The minimum absolute atomic E-state index is 0.0973. The molecule has 118 valence electrons. The molecule has 23 heavy (non-hydrogen) atoms. The van der Waals surface area contributed by atoms with Gasteiger partial charge in [-0.2, -0.15) is 5.26 Å². The number of nitrogens with one attached hydrogen (secondary N) is 1. The zero-order valence-corrected chi connectivity index (χ0v) is 13.5. The van der Waals surface area contributed by atoms with Gasteiger partial charge in [0.15, 0.2) is 0 Å². The van der Waals surface area contributed by atoms with Gasteiger partial charge in [-0.15, -0.1) is 0 Å². The highest BCUT2D eigenvalue weighted by Crippen LogP contribution is 2.18. The van der Waals surface area contributed by atoms with E-state index >= 15 is 0 Å². The average Bonchev–Trinajstić information content (AvgIpc) is 2.55. The molecule has 2 aromatic rings. The zero-order chi connectivity index (χ0) is 17.0. The van der Waals surface area contributed by atoms with Gasteiger partial charge in [-0.3, -0.25) is 4.79 Å². The predicted octanol–water partition coefficient (Wildman–Crippen LogP) is 2.06. The number of nitrogens with zero attached hydrogens (tertiary/aromatic N) is 2. The molecule has 0 saturated carbocycles. The minimum Gasteiger partial charge on any atom is -0.322 e. The maximum absolute atomic E-state index is 12.2. The Labute approximate surface area is 135 Å². The highest BCUT2D eigenvalue weighted by Gasteiger charge is 2.17. The zero-order valence-electron chi connectivity index (χ0n) is 12.6. The second kappa shape index (κ2) is 6.60. The molecule has 0 fully saturated rings. The first-order valence-corrected chi connectivity index (χ1v) is 8.12. The standard InChI is InChI=1S/C16H15N3O3S/c1-19(2)23(21,22)15-5-3-4-14(10-15)18-16(20)13-8-6-12(11-17)7-9-13/h3-10H,1-2H3,(H,18,20). The van der Waals surface area contributed by atoms with Crippen LogP contribution in [0.15, 0.2) is 53.4 Å². The van der Waals surface area contributed by atoms with E-state index in [-0.39, 0.29) is 10.8 Å². The quantitative estimate of drug-likeness (QED) is 0.929. The summed E-state index contributed by atoms with van der Waals surface area (Å²) in [4.78, 5) is 12.3. The van der Waals surface area contributed by atoms with Crippen LogP contribution in [0.4, 0.5) is 5.69 Å². The van der Waals surface area contributed by atoms with Crippen molar-refractivity contribution in [2.24, 2.45) is 0 Å². The molecular formula is C16H15N3O3S. The van der Waals surface area contributed by atoms with Crippen molar-refractivity contribution in [3.05, 3.63) is 59.7 Å². The van der Waals surface area contributed by atoms with Crippen molar-refractivity contribution >= 4 is 21.6 Å². The smallest absolute Gasteiger partial charge is 0.255 e. The molecule has 0 aliphatic carbocycles. The molecule has 2 aromatic carbocycles. The molecule has 0 heterocycles. The van der Waals surface area contributed by atoms with E-state index in [1.165, 1.54) is 38.4 Å². The van der Waals surface area contributed by atoms with Crippen molar-refractivity contribution < 1.29 is 13.2 Å². The Kier molecular flexibility index (Phi) is 4.79. The summed E-state index contributed by atoms with van der Waals surface area (Å²) >= 11 is 0. The fraction of sp³-hybridized carbons (Fsp3) is 0.125. The SMILES string of the molecule is CN(C)S(=O)(=O)c1cccc(NC(=O)c2ccc(C#N)cc2)c1. The molecule has 1 amide bonds. The monoisotopic (exact) mass is 329 g/mol. The van der Waals surface area contributed by atoms with Crippen molar-refractivity contribution in [3.8, 4) is 6.07 Å². The summed E-state index contributed by atoms with van der Waals surface area (Å²) in [6.45, 7) is 0. The summed E-state index contributed by atoms with van der Waals surface area (Å²) in [5, 5.41) is 11.4. The van der Waals surface area contributed by atoms with Crippen molar-refractivity contribution in [1.82, 2.24) is 4.31 Å². The number of carbonyl (C=O) groups is 1. The Balaban J connectivity index is 2.23. The third-order valence-electron chi connectivity index (χ3n) is 3.15. The topological polar surface area (TPSA) is 90.3 Å². The van der Waals surface area contributed by atoms with Crippen molar-refractivity contribution in [2.45, 2.75) is 4.90 Å². The molecular weight excluding hydrogens is 314 g/mol. The van der Waals surface area contributed by atoms with Crippen molar-refractivity contribution in [3.63, 3.8) is 0 Å². The van der Waals surface area contributed by atoms with E-state index in [0.29, 0.717) is 16.8 Å². The second-order valence-electron chi connectivity index (χ2n) is 4.96. The van der Waals surface area contributed by atoms with Crippen LogP contribution in [0.2, 0.25) is 0 Å². The Hall–Kier alpha value is -2.69. The van der Waals surface area contributed by atoms with Crippen LogP contribution >= 0.6 is 0 Å². The Morgan fingerprint density at radius 1 is 1.13 bits per heavy atom. The van der Waals surface area contributed by atoms with Gasteiger partial charge in [0.2, 0.25) is 10.0 Å². The number of hydrogen-bond acceptors (Lipinski definition) is 4. The van der Waals surface area contributed by atoms with Crippen molar-refractivity contribution in [2.75, 3.05) is 19.4 Å². The lowest BCUT2D eigenvalue weighted by atomic mass is 10.1. The molecule has 0 aromatic heterocycles. The van der Waals surface area contributed by atoms with Crippen LogP contribution in [0, 0.1) is 11.3 Å². The number of nitriles is 1. The highest BCUT2D eigenvalue weighted by atomic mass is 32.2. The first-order valence-electron chi connectivity index (χ1n) is 6.68. The number of rotatable bonds is 4. The second-order valence-corrected chi connectivity index (χ2v) is 7.11. The van der Waals surface area contributed by atoms with Gasteiger partial charge in [0.25, 0.3) is 5.91 Å². The lowest BCUT2D eigenvalue weighted by molar-refractivity contribution is 0.102. The van der Waals surface area contributed by atoms with Crippen molar-refractivity contribution in [1.29, 1.82) is 5.26 Å². The number of anilines is 1. The molecule has 0 aliphatic rings. The van der Waals surface area contributed by atoms with Crippen LogP contribution in [-0.4, -0.2) is 32.7 Å². The Bertz CT molecular complexity index is 866. The first-order chi connectivity index (χ1) is 10.8. The predicted molar refractivity (Wildman–Crippen MR) is 86.4 cm³/mol. The van der Waals surface area contributed by atoms with Gasteiger partial charge in [0.1, 0.15) is 0 Å². The molecule has 0 spiro atoms. The van der Waals surface area contributed by atoms with Gasteiger partial charge < -0.3 is 5.32 Å². The number of amides is 1. The van der Waals surface area contributed by atoms with Gasteiger partial charge in [0.05, 0.1) is 16.5 Å². The maximum atomic E-state index is 12.2. The summed E-state index contributed by atoms with van der Waals surface area (Å²) in [7, 11) is -0.679. The first kappa shape index (κ1) is 16.7. The van der Waals surface area contributed by atoms with Crippen LogP contribution in [-0.2, 0) is 10.0 Å². The van der Waals surface area contributed by atoms with Crippen LogP contribution in [0.3, 0.4) is 0 Å². The van der Waals surface area contributed by atoms with Gasteiger partial charge >= 0.3 is 0 Å². The average molecular weight is 329 g/mol. The summed E-state index contributed by atoms with van der Waals surface area (Å²) in [5.41, 5.74) is 1.22. The summed E-state index contributed by atoms with van der Waals surface area (Å²) in [5.74, 6) is -0.381. The lowest BCUT2D eigenvalue weighted by Gasteiger charge is -2.12. The van der Waals surface area contributed by atoms with Gasteiger partial charge in [-0.1, -0.05) is 6.07 Å². The van der Waals surface area contributed by atoms with Gasteiger partial charge in [0, 0.05) is 25.3 Å². The molecule has 6 nitrogen and oxygen atoms in total. The molecule has 0 saturated heterocycles. The molecule has 0 radical (unpaired) electrons. The Morgan fingerprint density at radius 2 is 1.78 bits per heavy atom. The summed E-state index contributed by atoms with van der Waals surface area (Å²) in [6, 6.07) is 14.2. The minimum atomic E-state index is -3.56. The van der Waals surface area contributed by atoms with E-state index in [9.17, 15) is 13.2 Å². The molecule has 0 bridgehead atoms. The number of hydrogen-bond donors (Lipinski definition) is 1. The largest absolute Gasteiger partial charge is 0.322 e. The van der Waals surface area contributed by atoms with E-state index in [1.54, 1.807) is 24.3 Å². The third kappa shape index (κ3) is 3.74. The molecule has 0 aliphatic heterocycles. The fourth-order valence-corrected chi connectivity index (χ4v) is 2.79. The maximum Gasteiger partial charge on any atom is 0.255 e. The molecule has 0 unspecified atom stereocenters. The highest BCUT2D eigenvalue weighted by molar-refractivity contribution is 7.89. The Morgan fingerprint density at radius 3 is 2.35 bits per heavy atom. The number of benzene rings is 2. The summed E-state index contributed by atoms with van der Waals surface area (Å²) in [6.07, 6.45) is 0. The lowest BCUT2D eigenvalue weighted by Crippen LogP contribution is -2.22. The van der Waals surface area contributed by atoms with E-state index in [1.807, 2.05) is 6.07 Å². The van der Waals surface area contributed by atoms with Crippen LogP contribution in [0.25, 0.3) is 0 Å². The molecule has 1 N–H and O–H groups in total. The number of carbonyl (C=O) groups excluding carboxylic acids is 1. The number of sulfonamides is 1. The van der Waals surface area contributed by atoms with E-state index in [4.69, 9.17) is 5.26 Å². The third-order valence-corrected chi connectivity index (χ3v) is 4.96. The van der Waals surface area contributed by atoms with Crippen LogP contribution in [0.1, 0.15) is 15.9 Å². The molecule has 7 heteroatoms. The van der Waals surface area contributed by atoms with E-state index in [0.717, 1.165) is 4.31 Å². The van der Waals surface area contributed by atoms with E-state index in [2.05, 4.69) is 5.32 Å². The van der Waals surface area contributed by atoms with Gasteiger partial charge in [-0.05, 0) is 42.5 Å². The summed E-state index contributed by atoms with van der Waals surface area (Å²) < 4.78 is 25.3. The fourth-order valence-electron chi connectivity index (χ4n) is 1.84. The van der Waals surface area contributed by atoms with Crippen LogP contribution < -0.4 is 5.32 Å². The van der Waals surface area contributed by atoms with Gasteiger partial charge in [-0.25, -0.2) is 12.7 Å².